The lowest BCUT2D eigenvalue weighted by atomic mass is 10.0. The van der Waals surface area contributed by atoms with Crippen molar-refractivity contribution in [1.82, 2.24) is 5.32 Å². The first-order valence-corrected chi connectivity index (χ1v) is 6.98. The summed E-state index contributed by atoms with van der Waals surface area (Å²) in [7, 11) is 3.47. The second-order valence-electron chi connectivity index (χ2n) is 5.93. The Morgan fingerprint density at radius 2 is 1.84 bits per heavy atom. The second kappa shape index (κ2) is 5.93. The van der Waals surface area contributed by atoms with Gasteiger partial charge in [-0.3, -0.25) is 0 Å². The van der Waals surface area contributed by atoms with E-state index in [1.165, 1.54) is 18.4 Å². The van der Waals surface area contributed by atoms with E-state index in [4.69, 9.17) is 9.47 Å². The van der Waals surface area contributed by atoms with E-state index in [-0.39, 0.29) is 5.60 Å². The van der Waals surface area contributed by atoms with Crippen molar-refractivity contribution in [3.8, 4) is 5.75 Å². The van der Waals surface area contributed by atoms with Crippen molar-refractivity contribution in [3.05, 3.63) is 29.8 Å². The first-order valence-electron chi connectivity index (χ1n) is 6.98. The third-order valence-electron chi connectivity index (χ3n) is 3.87. The van der Waals surface area contributed by atoms with E-state index in [9.17, 15) is 0 Å². The molecule has 1 fully saturated rings. The van der Waals surface area contributed by atoms with Crippen LogP contribution < -0.4 is 10.1 Å². The van der Waals surface area contributed by atoms with Crippen molar-refractivity contribution in [2.24, 2.45) is 5.92 Å². The summed E-state index contributed by atoms with van der Waals surface area (Å²) in [6, 6.07) is 8.82. The molecular weight excluding hydrogens is 238 g/mol. The molecule has 1 aromatic carbocycles. The predicted molar refractivity (Wildman–Crippen MR) is 77.5 cm³/mol. The van der Waals surface area contributed by atoms with E-state index in [1.807, 2.05) is 12.1 Å². The third-order valence-corrected chi connectivity index (χ3v) is 3.87. The molecule has 0 spiro atoms. The lowest BCUT2D eigenvalue weighted by Gasteiger charge is -2.27. The average Bonchev–Trinajstić information content (AvgIpc) is 3.24. The van der Waals surface area contributed by atoms with Crippen LogP contribution in [0.5, 0.6) is 5.75 Å². The summed E-state index contributed by atoms with van der Waals surface area (Å²) in [6.45, 7) is 5.08. The van der Waals surface area contributed by atoms with Gasteiger partial charge in [-0.15, -0.1) is 0 Å². The zero-order valence-electron chi connectivity index (χ0n) is 12.4. The molecule has 1 aliphatic carbocycles. The molecule has 0 aromatic heterocycles. The summed E-state index contributed by atoms with van der Waals surface area (Å²) in [6.07, 6.45) is 2.63. The standard InChI is InChI=1S/C16H25NO2/c1-16(2,19-4)11-17-15(12-5-6-12)13-7-9-14(18-3)10-8-13/h7-10,12,15,17H,5-6,11H2,1-4H3. The molecule has 2 rings (SSSR count). The fourth-order valence-electron chi connectivity index (χ4n) is 2.23. The minimum atomic E-state index is -0.125. The van der Waals surface area contributed by atoms with E-state index in [2.05, 4.69) is 31.3 Å². The maximum absolute atomic E-state index is 5.48. The highest BCUT2D eigenvalue weighted by Crippen LogP contribution is 2.41. The molecule has 1 saturated carbocycles. The van der Waals surface area contributed by atoms with Gasteiger partial charge < -0.3 is 14.8 Å². The summed E-state index contributed by atoms with van der Waals surface area (Å²) in [5, 5.41) is 3.66. The molecule has 1 unspecified atom stereocenters. The third kappa shape index (κ3) is 3.95. The van der Waals surface area contributed by atoms with Crippen LogP contribution in [0, 0.1) is 5.92 Å². The maximum atomic E-state index is 5.48. The van der Waals surface area contributed by atoms with Gasteiger partial charge in [0.1, 0.15) is 5.75 Å². The highest BCUT2D eigenvalue weighted by Gasteiger charge is 2.33. The largest absolute Gasteiger partial charge is 0.497 e. The first kappa shape index (κ1) is 14.4. The molecule has 0 amide bonds. The Hall–Kier alpha value is -1.06. The van der Waals surface area contributed by atoms with Gasteiger partial charge in [-0.25, -0.2) is 0 Å². The molecule has 1 aliphatic rings. The molecule has 0 saturated heterocycles. The van der Waals surface area contributed by atoms with Crippen LogP contribution in [0.4, 0.5) is 0 Å². The average molecular weight is 263 g/mol. The molecule has 1 atom stereocenters. The molecule has 3 nitrogen and oxygen atoms in total. The Kier molecular flexibility index (Phi) is 4.48. The van der Waals surface area contributed by atoms with Gasteiger partial charge in [0.15, 0.2) is 0 Å². The van der Waals surface area contributed by atoms with E-state index < -0.39 is 0 Å². The number of hydrogen-bond donors (Lipinski definition) is 1. The molecule has 0 heterocycles. The van der Waals surface area contributed by atoms with Gasteiger partial charge in [-0.2, -0.15) is 0 Å². The molecule has 19 heavy (non-hydrogen) atoms. The molecule has 106 valence electrons. The van der Waals surface area contributed by atoms with Crippen LogP contribution in [0.25, 0.3) is 0 Å². The molecule has 0 bridgehead atoms. The minimum absolute atomic E-state index is 0.125. The highest BCUT2D eigenvalue weighted by molar-refractivity contribution is 5.30. The van der Waals surface area contributed by atoms with Gasteiger partial charge >= 0.3 is 0 Å². The van der Waals surface area contributed by atoms with E-state index in [0.29, 0.717) is 6.04 Å². The van der Waals surface area contributed by atoms with Crippen LogP contribution in [0.3, 0.4) is 0 Å². The van der Waals surface area contributed by atoms with Gasteiger partial charge in [0.05, 0.1) is 12.7 Å². The van der Waals surface area contributed by atoms with E-state index in [1.54, 1.807) is 14.2 Å². The van der Waals surface area contributed by atoms with Gasteiger partial charge in [0.2, 0.25) is 0 Å². The van der Waals surface area contributed by atoms with Crippen LogP contribution in [-0.4, -0.2) is 26.4 Å². The Morgan fingerprint density at radius 1 is 1.21 bits per heavy atom. The molecule has 1 N–H and O–H groups in total. The smallest absolute Gasteiger partial charge is 0.118 e. The molecule has 3 heteroatoms. The molecule has 0 radical (unpaired) electrons. The Morgan fingerprint density at radius 3 is 2.32 bits per heavy atom. The number of nitrogens with one attached hydrogen (secondary N) is 1. The lowest BCUT2D eigenvalue weighted by molar-refractivity contribution is 0.0204. The van der Waals surface area contributed by atoms with Crippen LogP contribution >= 0.6 is 0 Å². The number of methoxy groups -OCH3 is 2. The topological polar surface area (TPSA) is 30.5 Å². The number of ether oxygens (including phenoxy) is 2. The molecule has 1 aromatic rings. The highest BCUT2D eigenvalue weighted by atomic mass is 16.5. The van der Waals surface area contributed by atoms with E-state index in [0.717, 1.165) is 18.2 Å². The zero-order chi connectivity index (χ0) is 13.9. The number of rotatable bonds is 7. The maximum Gasteiger partial charge on any atom is 0.118 e. The summed E-state index contributed by atoms with van der Waals surface area (Å²) in [5.74, 6) is 1.68. The first-order chi connectivity index (χ1) is 9.05. The van der Waals surface area contributed by atoms with Gasteiger partial charge in [-0.1, -0.05) is 12.1 Å². The number of hydrogen-bond acceptors (Lipinski definition) is 3. The van der Waals surface area contributed by atoms with Crippen molar-refractivity contribution < 1.29 is 9.47 Å². The predicted octanol–water partition coefficient (Wildman–Crippen LogP) is 3.16. The Labute approximate surface area is 116 Å². The zero-order valence-corrected chi connectivity index (χ0v) is 12.4. The van der Waals surface area contributed by atoms with Crippen LogP contribution in [0.1, 0.15) is 38.3 Å². The van der Waals surface area contributed by atoms with Gasteiger partial charge in [0, 0.05) is 19.7 Å². The monoisotopic (exact) mass is 263 g/mol. The summed E-state index contributed by atoms with van der Waals surface area (Å²) in [4.78, 5) is 0. The van der Waals surface area contributed by atoms with Crippen molar-refractivity contribution in [2.75, 3.05) is 20.8 Å². The number of benzene rings is 1. The van der Waals surface area contributed by atoms with Gasteiger partial charge in [-0.05, 0) is 50.3 Å². The van der Waals surface area contributed by atoms with E-state index >= 15 is 0 Å². The van der Waals surface area contributed by atoms with Crippen molar-refractivity contribution in [3.63, 3.8) is 0 Å². The minimum Gasteiger partial charge on any atom is -0.497 e. The summed E-state index contributed by atoms with van der Waals surface area (Å²) in [5.41, 5.74) is 1.22. The molecule has 0 aliphatic heterocycles. The SMILES string of the molecule is COc1ccc(C(NCC(C)(C)OC)C2CC2)cc1. The quantitative estimate of drug-likeness (QED) is 0.819. The van der Waals surface area contributed by atoms with Crippen LogP contribution in [-0.2, 0) is 4.74 Å². The van der Waals surface area contributed by atoms with Crippen LogP contribution in [0.2, 0.25) is 0 Å². The second-order valence-corrected chi connectivity index (χ2v) is 5.93. The lowest BCUT2D eigenvalue weighted by Crippen LogP contribution is -2.39. The Balaban J connectivity index is 2.03. The van der Waals surface area contributed by atoms with Crippen molar-refractivity contribution >= 4 is 0 Å². The van der Waals surface area contributed by atoms with Gasteiger partial charge in [0.25, 0.3) is 0 Å². The van der Waals surface area contributed by atoms with Crippen LogP contribution in [0.15, 0.2) is 24.3 Å². The summed E-state index contributed by atoms with van der Waals surface area (Å²) < 4.78 is 10.7. The fourth-order valence-corrected chi connectivity index (χ4v) is 2.23. The van der Waals surface area contributed by atoms with Crippen molar-refractivity contribution in [2.45, 2.75) is 38.3 Å². The Bertz CT molecular complexity index is 396. The van der Waals surface area contributed by atoms with Crippen molar-refractivity contribution in [1.29, 1.82) is 0 Å². The summed E-state index contributed by atoms with van der Waals surface area (Å²) >= 11 is 0. The molecular formula is C16H25NO2. The fraction of sp³-hybridized carbons (Fsp3) is 0.625. The normalized spacial score (nSPS) is 17.3.